The first-order valence-corrected chi connectivity index (χ1v) is 6.89. The van der Waals surface area contributed by atoms with Crippen LogP contribution < -0.4 is 10.6 Å². The molecule has 0 aromatic carbocycles. The number of hydrogen-bond donors (Lipinski definition) is 4. The number of hydrogen-bond acceptors (Lipinski definition) is 3. The number of aliphatic carboxylic acids is 1. The summed E-state index contributed by atoms with van der Waals surface area (Å²) in [6.07, 6.45) is 6.52. The quantitative estimate of drug-likeness (QED) is 0.518. The van der Waals surface area contributed by atoms with Crippen molar-refractivity contribution in [3.63, 3.8) is 0 Å². The standard InChI is InChI=1S/C13H22N4O3/c1-2-10(12-14-8-9-15-12)17-13(20)16-7-5-3-4-6-11(18)19/h8-10H,2-7H2,1H3,(H,14,15)(H,18,19)(H2,16,17,20). The first-order chi connectivity index (χ1) is 9.63. The van der Waals surface area contributed by atoms with E-state index >= 15 is 0 Å². The highest BCUT2D eigenvalue weighted by Gasteiger charge is 2.13. The number of carbonyl (C=O) groups excluding carboxylic acids is 1. The first kappa shape index (κ1) is 16.0. The van der Waals surface area contributed by atoms with Gasteiger partial charge in [0.1, 0.15) is 5.82 Å². The van der Waals surface area contributed by atoms with Crippen molar-refractivity contribution >= 4 is 12.0 Å². The van der Waals surface area contributed by atoms with Crippen molar-refractivity contribution in [3.8, 4) is 0 Å². The van der Waals surface area contributed by atoms with Crippen molar-refractivity contribution in [2.75, 3.05) is 6.54 Å². The average Bonchev–Trinajstić information content (AvgIpc) is 2.93. The molecule has 0 saturated carbocycles. The molecule has 0 bridgehead atoms. The summed E-state index contributed by atoms with van der Waals surface area (Å²) < 4.78 is 0. The van der Waals surface area contributed by atoms with Gasteiger partial charge < -0.3 is 20.7 Å². The number of rotatable bonds is 9. The number of amides is 2. The van der Waals surface area contributed by atoms with E-state index in [-0.39, 0.29) is 18.5 Å². The lowest BCUT2D eigenvalue weighted by atomic mass is 10.2. The minimum atomic E-state index is -0.778. The Bertz CT molecular complexity index is 406. The zero-order valence-corrected chi connectivity index (χ0v) is 11.7. The fourth-order valence-electron chi connectivity index (χ4n) is 1.82. The first-order valence-electron chi connectivity index (χ1n) is 6.89. The second kappa shape index (κ2) is 8.95. The molecular weight excluding hydrogens is 260 g/mol. The lowest BCUT2D eigenvalue weighted by molar-refractivity contribution is -0.137. The number of carboxylic acids is 1. The zero-order chi connectivity index (χ0) is 14.8. The van der Waals surface area contributed by atoms with E-state index in [0.29, 0.717) is 13.0 Å². The van der Waals surface area contributed by atoms with Crippen LogP contribution in [0.3, 0.4) is 0 Å². The van der Waals surface area contributed by atoms with E-state index < -0.39 is 5.97 Å². The summed E-state index contributed by atoms with van der Waals surface area (Å²) in [5.74, 6) is -0.0379. The third-order valence-corrected chi connectivity index (χ3v) is 2.92. The monoisotopic (exact) mass is 282 g/mol. The van der Waals surface area contributed by atoms with Crippen LogP contribution in [0.1, 0.15) is 50.9 Å². The van der Waals surface area contributed by atoms with E-state index in [9.17, 15) is 9.59 Å². The summed E-state index contributed by atoms with van der Waals surface area (Å²) in [7, 11) is 0. The zero-order valence-electron chi connectivity index (χ0n) is 11.7. The minimum Gasteiger partial charge on any atom is -0.481 e. The Morgan fingerprint density at radius 3 is 2.80 bits per heavy atom. The van der Waals surface area contributed by atoms with Crippen LogP contribution in [0.5, 0.6) is 0 Å². The highest BCUT2D eigenvalue weighted by atomic mass is 16.4. The van der Waals surface area contributed by atoms with Crippen molar-refractivity contribution in [1.82, 2.24) is 20.6 Å². The van der Waals surface area contributed by atoms with Gasteiger partial charge in [-0.3, -0.25) is 4.79 Å². The van der Waals surface area contributed by atoms with Gasteiger partial charge >= 0.3 is 12.0 Å². The molecule has 1 atom stereocenters. The predicted octanol–water partition coefficient (Wildman–Crippen LogP) is 1.80. The van der Waals surface area contributed by atoms with Crippen LogP contribution in [0.15, 0.2) is 12.4 Å². The Morgan fingerprint density at radius 1 is 1.40 bits per heavy atom. The predicted molar refractivity (Wildman–Crippen MR) is 74.3 cm³/mol. The second-order valence-electron chi connectivity index (χ2n) is 4.54. The van der Waals surface area contributed by atoms with E-state index in [0.717, 1.165) is 25.1 Å². The molecule has 7 heteroatoms. The van der Waals surface area contributed by atoms with Crippen LogP contribution in [0.25, 0.3) is 0 Å². The number of carbonyl (C=O) groups is 2. The van der Waals surface area contributed by atoms with Crippen LogP contribution in [0.4, 0.5) is 4.79 Å². The van der Waals surface area contributed by atoms with E-state index in [1.807, 2.05) is 6.92 Å². The molecule has 1 aromatic rings. The highest BCUT2D eigenvalue weighted by molar-refractivity contribution is 5.74. The topological polar surface area (TPSA) is 107 Å². The van der Waals surface area contributed by atoms with Gasteiger partial charge in [0.15, 0.2) is 0 Å². The SMILES string of the molecule is CCC(NC(=O)NCCCCCC(=O)O)c1ncc[nH]1. The van der Waals surface area contributed by atoms with Crippen molar-refractivity contribution in [1.29, 1.82) is 0 Å². The number of unbranched alkanes of at least 4 members (excludes halogenated alkanes) is 2. The van der Waals surface area contributed by atoms with Gasteiger partial charge in [0, 0.05) is 25.4 Å². The fourth-order valence-corrected chi connectivity index (χ4v) is 1.82. The number of H-pyrrole nitrogens is 1. The summed E-state index contributed by atoms with van der Waals surface area (Å²) in [5, 5.41) is 14.1. The molecular formula is C13H22N4O3. The van der Waals surface area contributed by atoms with Gasteiger partial charge in [0.25, 0.3) is 0 Å². The average molecular weight is 282 g/mol. The van der Waals surface area contributed by atoms with Crippen LogP contribution in [0, 0.1) is 0 Å². The molecule has 1 unspecified atom stereocenters. The van der Waals surface area contributed by atoms with Gasteiger partial charge in [0.2, 0.25) is 0 Å². The van der Waals surface area contributed by atoms with Crippen molar-refractivity contribution < 1.29 is 14.7 Å². The Morgan fingerprint density at radius 2 is 2.20 bits per heavy atom. The van der Waals surface area contributed by atoms with Gasteiger partial charge in [-0.25, -0.2) is 9.78 Å². The third-order valence-electron chi connectivity index (χ3n) is 2.92. The Hall–Kier alpha value is -2.05. The maximum atomic E-state index is 11.7. The largest absolute Gasteiger partial charge is 0.481 e. The number of imidazole rings is 1. The molecule has 20 heavy (non-hydrogen) atoms. The number of nitrogens with one attached hydrogen (secondary N) is 3. The number of nitrogens with zero attached hydrogens (tertiary/aromatic N) is 1. The lowest BCUT2D eigenvalue weighted by Gasteiger charge is -2.15. The summed E-state index contributed by atoms with van der Waals surface area (Å²) in [5.41, 5.74) is 0. The molecule has 0 saturated heterocycles. The van der Waals surface area contributed by atoms with Crippen molar-refractivity contribution in [2.45, 2.75) is 45.1 Å². The fraction of sp³-hybridized carbons (Fsp3) is 0.615. The normalized spacial score (nSPS) is 11.8. The molecule has 0 radical (unpaired) electrons. The lowest BCUT2D eigenvalue weighted by Crippen LogP contribution is -2.38. The Labute approximate surface area is 118 Å². The molecule has 7 nitrogen and oxygen atoms in total. The molecule has 0 aliphatic rings. The van der Waals surface area contributed by atoms with E-state index in [4.69, 9.17) is 5.11 Å². The maximum absolute atomic E-state index is 11.7. The molecule has 0 aliphatic heterocycles. The van der Waals surface area contributed by atoms with Gasteiger partial charge in [-0.1, -0.05) is 13.3 Å². The Balaban J connectivity index is 2.15. The van der Waals surface area contributed by atoms with Crippen LogP contribution in [0.2, 0.25) is 0 Å². The van der Waals surface area contributed by atoms with Crippen LogP contribution >= 0.6 is 0 Å². The van der Waals surface area contributed by atoms with Gasteiger partial charge in [0.05, 0.1) is 6.04 Å². The highest BCUT2D eigenvalue weighted by Crippen LogP contribution is 2.10. The van der Waals surface area contributed by atoms with Gasteiger partial charge in [-0.2, -0.15) is 0 Å². The molecule has 1 heterocycles. The van der Waals surface area contributed by atoms with Gasteiger partial charge in [-0.05, 0) is 19.3 Å². The van der Waals surface area contributed by atoms with Crippen molar-refractivity contribution in [2.24, 2.45) is 0 Å². The second-order valence-corrected chi connectivity index (χ2v) is 4.54. The minimum absolute atomic E-state index is 0.128. The van der Waals surface area contributed by atoms with E-state index in [1.165, 1.54) is 0 Å². The molecule has 0 spiro atoms. The molecule has 0 fully saturated rings. The smallest absolute Gasteiger partial charge is 0.315 e. The van der Waals surface area contributed by atoms with Crippen molar-refractivity contribution in [3.05, 3.63) is 18.2 Å². The molecule has 0 aliphatic carbocycles. The summed E-state index contributed by atoms with van der Waals surface area (Å²) in [6, 6.07) is -0.358. The number of carboxylic acid groups (broad SMARTS) is 1. The number of aromatic amines is 1. The third kappa shape index (κ3) is 6.21. The summed E-state index contributed by atoms with van der Waals surface area (Å²) in [6.45, 7) is 2.51. The van der Waals surface area contributed by atoms with E-state index in [1.54, 1.807) is 12.4 Å². The van der Waals surface area contributed by atoms with E-state index in [2.05, 4.69) is 20.6 Å². The number of aromatic nitrogens is 2. The molecule has 2 amide bonds. The molecule has 112 valence electrons. The Kier molecular flexibility index (Phi) is 7.16. The summed E-state index contributed by atoms with van der Waals surface area (Å²) >= 11 is 0. The van der Waals surface area contributed by atoms with Crippen LogP contribution in [-0.4, -0.2) is 33.6 Å². The maximum Gasteiger partial charge on any atom is 0.315 e. The number of urea groups is 1. The van der Waals surface area contributed by atoms with Crippen LogP contribution in [-0.2, 0) is 4.79 Å². The summed E-state index contributed by atoms with van der Waals surface area (Å²) in [4.78, 5) is 29.1. The molecule has 4 N–H and O–H groups in total. The van der Waals surface area contributed by atoms with Gasteiger partial charge in [-0.15, -0.1) is 0 Å². The molecule has 1 rings (SSSR count). The molecule has 1 aromatic heterocycles.